The monoisotopic (exact) mass is 293 g/mol. The molecule has 0 spiro atoms. The van der Waals surface area contributed by atoms with Crippen molar-refractivity contribution in [2.45, 2.75) is 6.92 Å². The molecule has 20 heavy (non-hydrogen) atoms. The lowest BCUT2D eigenvalue weighted by atomic mass is 10.2. The van der Waals surface area contributed by atoms with Crippen molar-refractivity contribution in [1.29, 1.82) is 0 Å². The fraction of sp³-hybridized carbons (Fsp3) is 0.308. The molecule has 0 bridgehead atoms. The molecule has 2 N–H and O–H groups in total. The summed E-state index contributed by atoms with van der Waals surface area (Å²) in [5, 5.41) is 5.36. The van der Waals surface area contributed by atoms with E-state index >= 15 is 0 Å². The first-order valence-electron chi connectivity index (χ1n) is 6.07. The van der Waals surface area contributed by atoms with Crippen LogP contribution in [0.25, 0.3) is 0 Å². The molecule has 1 fully saturated rings. The van der Waals surface area contributed by atoms with Crippen LogP contribution in [0.15, 0.2) is 24.3 Å². The van der Waals surface area contributed by atoms with Crippen LogP contribution in [0.2, 0.25) is 0 Å². The number of rotatable bonds is 4. The molecule has 1 aliphatic rings. The molecule has 3 amide bonds. The number of amides is 3. The van der Waals surface area contributed by atoms with Gasteiger partial charge in [-0.2, -0.15) is 0 Å². The van der Waals surface area contributed by atoms with E-state index in [-0.39, 0.29) is 24.3 Å². The number of anilines is 2. The van der Waals surface area contributed by atoms with Crippen molar-refractivity contribution in [3.63, 3.8) is 0 Å². The maximum atomic E-state index is 11.8. The molecule has 0 saturated carbocycles. The molecular weight excluding hydrogens is 278 g/mol. The van der Waals surface area contributed by atoms with Crippen LogP contribution < -0.4 is 10.6 Å². The third-order valence-corrected chi connectivity index (χ3v) is 3.59. The van der Waals surface area contributed by atoms with Crippen LogP contribution in [-0.4, -0.2) is 40.8 Å². The van der Waals surface area contributed by atoms with Gasteiger partial charge in [-0.05, 0) is 24.3 Å². The van der Waals surface area contributed by atoms with Crippen molar-refractivity contribution < 1.29 is 14.4 Å². The Morgan fingerprint density at radius 1 is 1.20 bits per heavy atom. The molecule has 2 rings (SSSR count). The largest absolute Gasteiger partial charge is 0.326 e. The summed E-state index contributed by atoms with van der Waals surface area (Å²) in [6.07, 6.45) is 0. The van der Waals surface area contributed by atoms with Crippen molar-refractivity contribution in [2.75, 3.05) is 28.8 Å². The topological polar surface area (TPSA) is 78.5 Å². The summed E-state index contributed by atoms with van der Waals surface area (Å²) in [7, 11) is 0. The summed E-state index contributed by atoms with van der Waals surface area (Å²) in [6.45, 7) is 1.50. The van der Waals surface area contributed by atoms with Crippen molar-refractivity contribution in [2.24, 2.45) is 0 Å². The van der Waals surface area contributed by atoms with E-state index in [0.29, 0.717) is 23.0 Å². The molecule has 7 heteroatoms. The SMILES string of the molecule is CC(=O)Nc1ccc(NC(=O)CN2CSCC2=O)cc1. The molecule has 106 valence electrons. The zero-order valence-electron chi connectivity index (χ0n) is 11.0. The lowest BCUT2D eigenvalue weighted by Crippen LogP contribution is -2.34. The average Bonchev–Trinajstić information content (AvgIpc) is 2.77. The number of carbonyl (C=O) groups excluding carboxylic acids is 3. The molecule has 1 aromatic carbocycles. The summed E-state index contributed by atoms with van der Waals surface area (Å²) in [6, 6.07) is 6.80. The second-order valence-corrected chi connectivity index (χ2v) is 5.33. The van der Waals surface area contributed by atoms with Gasteiger partial charge in [-0.25, -0.2) is 0 Å². The van der Waals surface area contributed by atoms with Gasteiger partial charge >= 0.3 is 0 Å². The number of hydrogen-bond donors (Lipinski definition) is 2. The van der Waals surface area contributed by atoms with Crippen LogP contribution in [0.4, 0.5) is 11.4 Å². The minimum absolute atomic E-state index is 0.00819. The molecule has 1 saturated heterocycles. The smallest absolute Gasteiger partial charge is 0.244 e. The van der Waals surface area contributed by atoms with Crippen LogP contribution in [-0.2, 0) is 14.4 Å². The Kier molecular flexibility index (Phi) is 4.62. The summed E-state index contributed by atoms with van der Waals surface area (Å²) in [5.74, 6) is 0.623. The molecule has 1 aliphatic heterocycles. The number of nitrogens with one attached hydrogen (secondary N) is 2. The van der Waals surface area contributed by atoms with E-state index in [1.54, 1.807) is 24.3 Å². The van der Waals surface area contributed by atoms with Crippen molar-refractivity contribution >= 4 is 40.9 Å². The quantitative estimate of drug-likeness (QED) is 0.872. The van der Waals surface area contributed by atoms with Crippen molar-refractivity contribution in [3.8, 4) is 0 Å². The van der Waals surface area contributed by atoms with Crippen LogP contribution >= 0.6 is 11.8 Å². The minimum atomic E-state index is -0.229. The van der Waals surface area contributed by atoms with Gasteiger partial charge in [0.2, 0.25) is 17.7 Å². The number of benzene rings is 1. The Balaban J connectivity index is 1.87. The number of carbonyl (C=O) groups is 3. The maximum absolute atomic E-state index is 11.8. The Morgan fingerprint density at radius 2 is 1.80 bits per heavy atom. The summed E-state index contributed by atoms with van der Waals surface area (Å²) < 4.78 is 0. The molecule has 0 atom stereocenters. The Hall–Kier alpha value is -2.02. The minimum Gasteiger partial charge on any atom is -0.326 e. The summed E-state index contributed by atoms with van der Waals surface area (Å²) >= 11 is 1.50. The second kappa shape index (κ2) is 6.42. The second-order valence-electron chi connectivity index (χ2n) is 4.38. The first-order valence-corrected chi connectivity index (χ1v) is 7.23. The number of thioether (sulfide) groups is 1. The highest BCUT2D eigenvalue weighted by atomic mass is 32.2. The molecule has 1 aromatic rings. The Morgan fingerprint density at radius 3 is 2.30 bits per heavy atom. The molecule has 6 nitrogen and oxygen atoms in total. The van der Waals surface area contributed by atoms with E-state index in [1.807, 2.05) is 0 Å². The van der Waals surface area contributed by atoms with Crippen LogP contribution in [0.1, 0.15) is 6.92 Å². The van der Waals surface area contributed by atoms with Crippen LogP contribution in [0.3, 0.4) is 0 Å². The molecule has 0 unspecified atom stereocenters. The van der Waals surface area contributed by atoms with Gasteiger partial charge in [0, 0.05) is 18.3 Å². The normalized spacial score (nSPS) is 14.2. The van der Waals surface area contributed by atoms with E-state index in [0.717, 1.165) is 0 Å². The zero-order valence-corrected chi connectivity index (χ0v) is 11.8. The van der Waals surface area contributed by atoms with Crippen molar-refractivity contribution in [3.05, 3.63) is 24.3 Å². The van der Waals surface area contributed by atoms with Crippen LogP contribution in [0, 0.1) is 0 Å². The fourth-order valence-electron chi connectivity index (χ4n) is 1.75. The van der Waals surface area contributed by atoms with E-state index in [2.05, 4.69) is 10.6 Å². The Labute approximate surface area is 120 Å². The molecule has 0 aliphatic carbocycles. The van der Waals surface area contributed by atoms with Gasteiger partial charge < -0.3 is 15.5 Å². The van der Waals surface area contributed by atoms with E-state index in [1.165, 1.54) is 23.6 Å². The highest BCUT2D eigenvalue weighted by molar-refractivity contribution is 8.00. The standard InChI is InChI=1S/C13H15N3O3S/c1-9(17)14-10-2-4-11(5-3-10)15-12(18)6-16-8-20-7-13(16)19/h2-5H,6-8H2,1H3,(H,14,17)(H,15,18). The number of nitrogens with zero attached hydrogens (tertiary/aromatic N) is 1. The molecule has 1 heterocycles. The highest BCUT2D eigenvalue weighted by Crippen LogP contribution is 2.16. The van der Waals surface area contributed by atoms with Gasteiger partial charge in [-0.3, -0.25) is 14.4 Å². The van der Waals surface area contributed by atoms with E-state index in [4.69, 9.17) is 0 Å². The lowest BCUT2D eigenvalue weighted by Gasteiger charge is -2.14. The van der Waals surface area contributed by atoms with Gasteiger partial charge in [-0.1, -0.05) is 0 Å². The predicted molar refractivity (Wildman–Crippen MR) is 78.4 cm³/mol. The maximum Gasteiger partial charge on any atom is 0.244 e. The highest BCUT2D eigenvalue weighted by Gasteiger charge is 2.22. The third kappa shape index (κ3) is 3.99. The third-order valence-electron chi connectivity index (χ3n) is 2.65. The molecule has 0 radical (unpaired) electrons. The van der Waals surface area contributed by atoms with Gasteiger partial charge in [-0.15, -0.1) is 11.8 Å². The Bertz CT molecular complexity index is 530. The van der Waals surface area contributed by atoms with E-state index < -0.39 is 0 Å². The van der Waals surface area contributed by atoms with E-state index in [9.17, 15) is 14.4 Å². The summed E-state index contributed by atoms with van der Waals surface area (Å²) in [5.41, 5.74) is 1.30. The van der Waals surface area contributed by atoms with Crippen molar-refractivity contribution in [1.82, 2.24) is 4.90 Å². The predicted octanol–water partition coefficient (Wildman–Crippen LogP) is 1.12. The van der Waals surface area contributed by atoms with Gasteiger partial charge in [0.15, 0.2) is 0 Å². The zero-order chi connectivity index (χ0) is 14.5. The first kappa shape index (κ1) is 14.4. The first-order chi connectivity index (χ1) is 9.54. The van der Waals surface area contributed by atoms with Gasteiger partial charge in [0.25, 0.3) is 0 Å². The van der Waals surface area contributed by atoms with Crippen LogP contribution in [0.5, 0.6) is 0 Å². The average molecular weight is 293 g/mol. The number of hydrogen-bond acceptors (Lipinski definition) is 4. The lowest BCUT2D eigenvalue weighted by molar-refractivity contribution is -0.130. The summed E-state index contributed by atoms with van der Waals surface area (Å²) in [4.78, 5) is 35.6. The molecule has 0 aromatic heterocycles. The fourth-order valence-corrected chi connectivity index (χ4v) is 2.66. The molecular formula is C13H15N3O3S. The van der Waals surface area contributed by atoms with Gasteiger partial charge in [0.05, 0.1) is 11.6 Å². The van der Waals surface area contributed by atoms with Gasteiger partial charge in [0.1, 0.15) is 6.54 Å².